The van der Waals surface area contributed by atoms with Crippen molar-refractivity contribution in [2.45, 2.75) is 11.4 Å². The van der Waals surface area contributed by atoms with E-state index in [0.717, 1.165) is 10.7 Å². The van der Waals surface area contributed by atoms with Gasteiger partial charge in [0.25, 0.3) is 0 Å². The Morgan fingerprint density at radius 3 is 2.89 bits per heavy atom. The standard InChI is InChI=1S/C13H11Cl2NO2S/c14-9-3-4-11(15)12(6-9)19-8-13(17)16-7-10-2-1-5-18-10/h1-6H,7-8H2,(H,16,17). The van der Waals surface area contributed by atoms with Gasteiger partial charge < -0.3 is 9.73 Å². The van der Waals surface area contributed by atoms with Gasteiger partial charge in [0.05, 0.1) is 23.6 Å². The van der Waals surface area contributed by atoms with E-state index in [4.69, 9.17) is 27.6 Å². The zero-order chi connectivity index (χ0) is 13.7. The van der Waals surface area contributed by atoms with E-state index < -0.39 is 0 Å². The molecule has 0 bridgehead atoms. The maximum absolute atomic E-state index is 11.7. The molecule has 1 amide bonds. The van der Waals surface area contributed by atoms with E-state index in [9.17, 15) is 4.79 Å². The van der Waals surface area contributed by atoms with Crippen molar-refractivity contribution in [2.24, 2.45) is 0 Å². The van der Waals surface area contributed by atoms with Gasteiger partial charge in [0.15, 0.2) is 0 Å². The summed E-state index contributed by atoms with van der Waals surface area (Å²) in [6, 6.07) is 8.76. The Hall–Kier alpha value is -1.10. The quantitative estimate of drug-likeness (QED) is 0.848. The lowest BCUT2D eigenvalue weighted by molar-refractivity contribution is -0.118. The molecule has 1 aromatic carbocycles. The Morgan fingerprint density at radius 1 is 1.32 bits per heavy atom. The molecular weight excluding hydrogens is 305 g/mol. The first-order chi connectivity index (χ1) is 9.15. The number of nitrogens with one attached hydrogen (secondary N) is 1. The fourth-order valence-corrected chi connectivity index (χ4v) is 2.70. The van der Waals surface area contributed by atoms with Crippen LogP contribution >= 0.6 is 35.0 Å². The van der Waals surface area contributed by atoms with Crippen LogP contribution in [0.3, 0.4) is 0 Å². The van der Waals surface area contributed by atoms with Crippen molar-refractivity contribution in [3.8, 4) is 0 Å². The number of hydrogen-bond acceptors (Lipinski definition) is 3. The average molecular weight is 316 g/mol. The molecule has 2 rings (SSSR count). The molecule has 2 aromatic rings. The Balaban J connectivity index is 1.81. The molecule has 100 valence electrons. The van der Waals surface area contributed by atoms with Gasteiger partial charge in [-0.2, -0.15) is 0 Å². The smallest absolute Gasteiger partial charge is 0.230 e. The molecule has 0 spiro atoms. The van der Waals surface area contributed by atoms with Gasteiger partial charge in [-0.05, 0) is 30.3 Å². The molecule has 0 radical (unpaired) electrons. The Labute approximate surface area is 125 Å². The molecule has 0 atom stereocenters. The van der Waals surface area contributed by atoms with Gasteiger partial charge in [0.1, 0.15) is 5.76 Å². The van der Waals surface area contributed by atoms with Crippen LogP contribution in [0.15, 0.2) is 45.9 Å². The highest BCUT2D eigenvalue weighted by atomic mass is 35.5. The number of benzene rings is 1. The molecule has 6 heteroatoms. The van der Waals surface area contributed by atoms with E-state index in [1.54, 1.807) is 36.6 Å². The van der Waals surface area contributed by atoms with E-state index in [0.29, 0.717) is 16.6 Å². The number of thioether (sulfide) groups is 1. The lowest BCUT2D eigenvalue weighted by Crippen LogP contribution is -2.24. The molecule has 19 heavy (non-hydrogen) atoms. The summed E-state index contributed by atoms with van der Waals surface area (Å²) in [4.78, 5) is 12.5. The number of carbonyl (C=O) groups is 1. The van der Waals surface area contributed by atoms with Crippen LogP contribution in [0.1, 0.15) is 5.76 Å². The summed E-state index contributed by atoms with van der Waals surface area (Å²) in [5, 5.41) is 3.95. The van der Waals surface area contributed by atoms with E-state index >= 15 is 0 Å². The monoisotopic (exact) mass is 315 g/mol. The molecule has 1 aromatic heterocycles. The van der Waals surface area contributed by atoms with Gasteiger partial charge in [0, 0.05) is 9.92 Å². The van der Waals surface area contributed by atoms with Gasteiger partial charge in [-0.3, -0.25) is 4.79 Å². The van der Waals surface area contributed by atoms with Crippen molar-refractivity contribution in [3.05, 3.63) is 52.4 Å². The van der Waals surface area contributed by atoms with Crippen LogP contribution in [0, 0.1) is 0 Å². The van der Waals surface area contributed by atoms with Crippen molar-refractivity contribution in [1.29, 1.82) is 0 Å². The Morgan fingerprint density at radius 2 is 2.16 bits per heavy atom. The molecule has 1 heterocycles. The fraction of sp³-hybridized carbons (Fsp3) is 0.154. The van der Waals surface area contributed by atoms with Gasteiger partial charge in [-0.1, -0.05) is 23.2 Å². The zero-order valence-electron chi connectivity index (χ0n) is 9.86. The molecule has 0 aliphatic heterocycles. The number of halogens is 2. The van der Waals surface area contributed by atoms with Crippen LogP contribution in [0.25, 0.3) is 0 Å². The zero-order valence-corrected chi connectivity index (χ0v) is 12.2. The summed E-state index contributed by atoms with van der Waals surface area (Å²) in [5.74, 6) is 0.914. The van der Waals surface area contributed by atoms with Gasteiger partial charge in [0.2, 0.25) is 5.91 Å². The number of rotatable bonds is 5. The predicted octanol–water partition coefficient (Wildman–Crippen LogP) is 3.99. The largest absolute Gasteiger partial charge is 0.467 e. The van der Waals surface area contributed by atoms with Crippen molar-refractivity contribution < 1.29 is 9.21 Å². The predicted molar refractivity (Wildman–Crippen MR) is 77.7 cm³/mol. The number of amides is 1. The maximum atomic E-state index is 11.7. The third kappa shape index (κ3) is 4.49. The normalized spacial score (nSPS) is 10.4. The fourth-order valence-electron chi connectivity index (χ4n) is 1.38. The Kier molecular flexibility index (Phi) is 5.19. The minimum absolute atomic E-state index is 0.0857. The third-order valence-corrected chi connectivity index (χ3v) is 4.02. The SMILES string of the molecule is O=C(CSc1cc(Cl)ccc1Cl)NCc1ccco1. The molecule has 0 aliphatic carbocycles. The summed E-state index contributed by atoms with van der Waals surface area (Å²) in [7, 11) is 0. The highest BCUT2D eigenvalue weighted by molar-refractivity contribution is 8.00. The van der Waals surface area contributed by atoms with Gasteiger partial charge in [-0.15, -0.1) is 11.8 Å². The van der Waals surface area contributed by atoms with Crippen molar-refractivity contribution >= 4 is 40.9 Å². The summed E-state index contributed by atoms with van der Waals surface area (Å²) in [6.07, 6.45) is 1.57. The van der Waals surface area contributed by atoms with Gasteiger partial charge in [-0.25, -0.2) is 0 Å². The topological polar surface area (TPSA) is 42.2 Å². The molecule has 1 N–H and O–H groups in total. The van der Waals surface area contributed by atoms with E-state index in [2.05, 4.69) is 5.32 Å². The first-order valence-electron chi connectivity index (χ1n) is 5.52. The van der Waals surface area contributed by atoms with Crippen LogP contribution in [-0.2, 0) is 11.3 Å². The maximum Gasteiger partial charge on any atom is 0.230 e. The molecule has 0 saturated heterocycles. The molecule has 0 saturated carbocycles. The second-order valence-electron chi connectivity index (χ2n) is 3.72. The van der Waals surface area contributed by atoms with E-state index in [1.807, 2.05) is 0 Å². The molecule has 3 nitrogen and oxygen atoms in total. The number of carbonyl (C=O) groups excluding carboxylic acids is 1. The molecule has 0 fully saturated rings. The molecule has 0 unspecified atom stereocenters. The summed E-state index contributed by atoms with van der Waals surface area (Å²) in [5.41, 5.74) is 0. The second-order valence-corrected chi connectivity index (χ2v) is 5.58. The minimum atomic E-state index is -0.0857. The summed E-state index contributed by atoms with van der Waals surface area (Å²) in [6.45, 7) is 0.385. The van der Waals surface area contributed by atoms with E-state index in [-0.39, 0.29) is 11.7 Å². The van der Waals surface area contributed by atoms with Gasteiger partial charge >= 0.3 is 0 Å². The van der Waals surface area contributed by atoms with Crippen LogP contribution in [-0.4, -0.2) is 11.7 Å². The minimum Gasteiger partial charge on any atom is -0.467 e. The first-order valence-corrected chi connectivity index (χ1v) is 7.26. The highest BCUT2D eigenvalue weighted by Gasteiger charge is 2.07. The average Bonchev–Trinajstić information content (AvgIpc) is 2.90. The van der Waals surface area contributed by atoms with Crippen LogP contribution in [0.5, 0.6) is 0 Å². The Bertz CT molecular complexity index is 558. The van der Waals surface area contributed by atoms with Crippen LogP contribution in [0.4, 0.5) is 0 Å². The van der Waals surface area contributed by atoms with Crippen molar-refractivity contribution in [2.75, 3.05) is 5.75 Å². The van der Waals surface area contributed by atoms with Crippen LogP contribution in [0.2, 0.25) is 10.0 Å². The van der Waals surface area contributed by atoms with Crippen molar-refractivity contribution in [1.82, 2.24) is 5.32 Å². The number of furan rings is 1. The number of hydrogen-bond donors (Lipinski definition) is 1. The summed E-state index contributed by atoms with van der Waals surface area (Å²) < 4.78 is 5.12. The highest BCUT2D eigenvalue weighted by Crippen LogP contribution is 2.29. The van der Waals surface area contributed by atoms with Crippen LogP contribution < -0.4 is 5.32 Å². The summed E-state index contributed by atoms with van der Waals surface area (Å²) >= 11 is 13.2. The molecular formula is C13H11Cl2NO2S. The van der Waals surface area contributed by atoms with Crippen molar-refractivity contribution in [3.63, 3.8) is 0 Å². The third-order valence-electron chi connectivity index (χ3n) is 2.29. The lowest BCUT2D eigenvalue weighted by atomic mass is 10.4. The second kappa shape index (κ2) is 6.89. The van der Waals surface area contributed by atoms with E-state index in [1.165, 1.54) is 11.8 Å². The lowest BCUT2D eigenvalue weighted by Gasteiger charge is -2.05. The molecule has 0 aliphatic rings. The first kappa shape index (κ1) is 14.3.